The van der Waals surface area contributed by atoms with Gasteiger partial charge in [0.25, 0.3) is 0 Å². The monoisotopic (exact) mass is 122 g/mol. The Kier molecular flexibility index (Phi) is 1.45. The third-order valence-corrected chi connectivity index (χ3v) is 0.881. The first-order chi connectivity index (χ1) is 4.33. The summed E-state index contributed by atoms with van der Waals surface area (Å²) in [6.07, 6.45) is 0.282. The van der Waals surface area contributed by atoms with Crippen molar-refractivity contribution in [2.45, 2.75) is 13.3 Å². The molecule has 0 radical (unpaired) electrons. The summed E-state index contributed by atoms with van der Waals surface area (Å²) in [5.74, 6) is 1.32. The largest absolute Gasteiger partial charge is 0.263 e. The number of nitrogens with one attached hydrogen (secondary N) is 1. The van der Waals surface area contributed by atoms with Crippen LogP contribution in [0.25, 0.3) is 0 Å². The SMILES string of the molecule is Cc1nc(CC#N)n[nH]1. The topological polar surface area (TPSA) is 65.4 Å². The van der Waals surface area contributed by atoms with Crippen molar-refractivity contribution in [1.82, 2.24) is 15.2 Å². The van der Waals surface area contributed by atoms with Crippen LogP contribution in [0.1, 0.15) is 11.6 Å². The molecule has 0 spiro atoms. The first-order valence-corrected chi connectivity index (χ1v) is 2.58. The molecule has 0 aliphatic carbocycles. The molecule has 0 atom stereocenters. The summed E-state index contributed by atoms with van der Waals surface area (Å²) in [5.41, 5.74) is 0. The molecule has 0 aliphatic rings. The molecule has 1 N–H and O–H groups in total. The van der Waals surface area contributed by atoms with Gasteiger partial charge in [-0.05, 0) is 6.92 Å². The molecule has 0 aliphatic heterocycles. The zero-order valence-corrected chi connectivity index (χ0v) is 5.05. The normalized spacial score (nSPS) is 8.89. The van der Waals surface area contributed by atoms with Crippen molar-refractivity contribution in [1.29, 1.82) is 5.26 Å². The molecule has 46 valence electrons. The van der Waals surface area contributed by atoms with Crippen molar-refractivity contribution in [2.24, 2.45) is 0 Å². The molecule has 0 saturated carbocycles. The summed E-state index contributed by atoms with van der Waals surface area (Å²) in [5, 5.41) is 14.6. The van der Waals surface area contributed by atoms with E-state index in [1.54, 1.807) is 6.92 Å². The minimum absolute atomic E-state index is 0.282. The molecule has 1 heterocycles. The van der Waals surface area contributed by atoms with Crippen molar-refractivity contribution in [3.05, 3.63) is 11.6 Å². The molecule has 1 aromatic rings. The van der Waals surface area contributed by atoms with Gasteiger partial charge in [0.1, 0.15) is 5.82 Å². The summed E-state index contributed by atoms with van der Waals surface area (Å²) in [4.78, 5) is 3.91. The first kappa shape index (κ1) is 5.76. The molecule has 4 nitrogen and oxygen atoms in total. The van der Waals surface area contributed by atoms with E-state index in [4.69, 9.17) is 5.26 Å². The van der Waals surface area contributed by atoms with Crippen LogP contribution in [0.2, 0.25) is 0 Å². The number of aromatic nitrogens is 3. The van der Waals surface area contributed by atoms with Gasteiger partial charge in [-0.25, -0.2) is 4.98 Å². The van der Waals surface area contributed by atoms with Crippen LogP contribution < -0.4 is 0 Å². The smallest absolute Gasteiger partial charge is 0.164 e. The molecule has 9 heavy (non-hydrogen) atoms. The maximum absolute atomic E-state index is 8.19. The van der Waals surface area contributed by atoms with Crippen molar-refractivity contribution in [2.75, 3.05) is 0 Å². The van der Waals surface area contributed by atoms with E-state index < -0.39 is 0 Å². The molecule has 1 aromatic heterocycles. The molecule has 1 rings (SSSR count). The minimum atomic E-state index is 0.282. The van der Waals surface area contributed by atoms with Crippen LogP contribution in [0.5, 0.6) is 0 Å². The molecular weight excluding hydrogens is 116 g/mol. The molecule has 0 unspecified atom stereocenters. The predicted molar refractivity (Wildman–Crippen MR) is 30.4 cm³/mol. The fraction of sp³-hybridized carbons (Fsp3) is 0.400. The van der Waals surface area contributed by atoms with Gasteiger partial charge < -0.3 is 0 Å². The van der Waals surface area contributed by atoms with Crippen molar-refractivity contribution >= 4 is 0 Å². The zero-order valence-electron chi connectivity index (χ0n) is 5.05. The van der Waals surface area contributed by atoms with Crippen LogP contribution in [0.4, 0.5) is 0 Å². The van der Waals surface area contributed by atoms with E-state index in [-0.39, 0.29) is 6.42 Å². The summed E-state index contributed by atoms with van der Waals surface area (Å²) in [6.45, 7) is 1.80. The average Bonchev–Trinajstić information content (AvgIpc) is 2.17. The molecule has 0 saturated heterocycles. The number of aromatic amines is 1. The van der Waals surface area contributed by atoms with Gasteiger partial charge >= 0.3 is 0 Å². The highest BCUT2D eigenvalue weighted by Crippen LogP contribution is 1.89. The lowest BCUT2D eigenvalue weighted by atomic mass is 10.5. The first-order valence-electron chi connectivity index (χ1n) is 2.58. The maximum atomic E-state index is 8.19. The van der Waals surface area contributed by atoms with E-state index >= 15 is 0 Å². The number of hydrogen-bond donors (Lipinski definition) is 1. The highest BCUT2D eigenvalue weighted by atomic mass is 15.2. The lowest BCUT2D eigenvalue weighted by Gasteiger charge is -1.74. The van der Waals surface area contributed by atoms with E-state index in [1.165, 1.54) is 0 Å². The lowest BCUT2D eigenvalue weighted by Crippen LogP contribution is -1.82. The molecular formula is C5H6N4. The quantitative estimate of drug-likeness (QED) is 0.577. The Bertz CT molecular complexity index is 231. The summed E-state index contributed by atoms with van der Waals surface area (Å²) >= 11 is 0. The second kappa shape index (κ2) is 2.27. The fourth-order valence-corrected chi connectivity index (χ4v) is 0.539. The molecule has 0 amide bonds. The van der Waals surface area contributed by atoms with Gasteiger partial charge in [0.2, 0.25) is 0 Å². The van der Waals surface area contributed by atoms with Gasteiger partial charge in [-0.2, -0.15) is 10.4 Å². The zero-order chi connectivity index (χ0) is 6.69. The standard InChI is InChI=1S/C5H6N4/c1-4-7-5(2-3-6)9-8-4/h2H2,1H3,(H,7,8,9). The van der Waals surface area contributed by atoms with Crippen molar-refractivity contribution < 1.29 is 0 Å². The van der Waals surface area contributed by atoms with E-state index in [9.17, 15) is 0 Å². The number of rotatable bonds is 1. The van der Waals surface area contributed by atoms with Gasteiger partial charge in [0.05, 0.1) is 12.5 Å². The number of nitriles is 1. The van der Waals surface area contributed by atoms with E-state index in [0.29, 0.717) is 5.82 Å². The Hall–Kier alpha value is -1.37. The van der Waals surface area contributed by atoms with E-state index in [0.717, 1.165) is 5.82 Å². The third kappa shape index (κ3) is 1.26. The highest BCUT2D eigenvalue weighted by molar-refractivity contribution is 4.94. The van der Waals surface area contributed by atoms with E-state index in [2.05, 4.69) is 15.2 Å². The Morgan fingerprint density at radius 3 is 3.00 bits per heavy atom. The molecule has 0 aromatic carbocycles. The highest BCUT2D eigenvalue weighted by Gasteiger charge is 1.95. The molecule has 0 bridgehead atoms. The predicted octanol–water partition coefficient (Wildman–Crippen LogP) is 0.179. The van der Waals surface area contributed by atoms with Gasteiger partial charge in [-0.1, -0.05) is 0 Å². The average molecular weight is 122 g/mol. The third-order valence-electron chi connectivity index (χ3n) is 0.881. The van der Waals surface area contributed by atoms with Gasteiger partial charge in [-0.15, -0.1) is 0 Å². The van der Waals surface area contributed by atoms with Crippen LogP contribution in [-0.4, -0.2) is 15.2 Å². The number of aryl methyl sites for hydroxylation is 1. The Labute approximate surface area is 52.5 Å². The molecule has 0 fully saturated rings. The van der Waals surface area contributed by atoms with Gasteiger partial charge in [0, 0.05) is 0 Å². The minimum Gasteiger partial charge on any atom is -0.263 e. The van der Waals surface area contributed by atoms with Crippen LogP contribution >= 0.6 is 0 Å². The van der Waals surface area contributed by atoms with Gasteiger partial charge in [0.15, 0.2) is 5.82 Å². The Morgan fingerprint density at radius 2 is 2.56 bits per heavy atom. The molecule has 4 heteroatoms. The van der Waals surface area contributed by atoms with Crippen LogP contribution in [0.3, 0.4) is 0 Å². The van der Waals surface area contributed by atoms with E-state index in [1.807, 2.05) is 6.07 Å². The van der Waals surface area contributed by atoms with Crippen LogP contribution in [0.15, 0.2) is 0 Å². The van der Waals surface area contributed by atoms with Crippen LogP contribution in [-0.2, 0) is 6.42 Å². The Morgan fingerprint density at radius 1 is 1.78 bits per heavy atom. The van der Waals surface area contributed by atoms with Crippen LogP contribution in [0, 0.1) is 18.3 Å². The maximum Gasteiger partial charge on any atom is 0.164 e. The lowest BCUT2D eigenvalue weighted by molar-refractivity contribution is 0.989. The summed E-state index contributed by atoms with van der Waals surface area (Å²) in [6, 6.07) is 1.95. The number of hydrogen-bond acceptors (Lipinski definition) is 3. The second-order valence-corrected chi connectivity index (χ2v) is 1.67. The van der Waals surface area contributed by atoms with Gasteiger partial charge in [-0.3, -0.25) is 5.10 Å². The summed E-state index contributed by atoms with van der Waals surface area (Å²) < 4.78 is 0. The number of H-pyrrole nitrogens is 1. The second-order valence-electron chi connectivity index (χ2n) is 1.67. The van der Waals surface area contributed by atoms with Crippen molar-refractivity contribution in [3.8, 4) is 6.07 Å². The summed E-state index contributed by atoms with van der Waals surface area (Å²) in [7, 11) is 0. The fourth-order valence-electron chi connectivity index (χ4n) is 0.539. The van der Waals surface area contributed by atoms with Crippen molar-refractivity contribution in [3.63, 3.8) is 0 Å². The Balaban J connectivity index is 2.76. The number of nitrogens with zero attached hydrogens (tertiary/aromatic N) is 3.